The minimum atomic E-state index is -2.02. The lowest BCUT2D eigenvalue weighted by atomic mass is 9.44. The van der Waals surface area contributed by atoms with Crippen molar-refractivity contribution in [3.63, 3.8) is 0 Å². The second-order valence-electron chi connectivity index (χ2n) is 24.5. The maximum absolute atomic E-state index is 12.0. The monoisotopic (exact) mass is 1080 g/mol. The van der Waals surface area contributed by atoms with Gasteiger partial charge in [-0.25, -0.2) is 0 Å². The van der Waals surface area contributed by atoms with Gasteiger partial charge in [0.15, 0.2) is 30.9 Å². The van der Waals surface area contributed by atoms with E-state index in [1.54, 1.807) is 0 Å². The van der Waals surface area contributed by atoms with Gasteiger partial charge in [0.05, 0.1) is 51.3 Å². The number of hydrogen-bond donors (Lipinski definition) is 14. The van der Waals surface area contributed by atoms with E-state index in [1.807, 2.05) is 0 Å². The lowest BCUT2D eigenvalue weighted by Gasteiger charge is -2.62. The molecule has 0 aromatic heterocycles. The van der Waals surface area contributed by atoms with E-state index in [-0.39, 0.29) is 22.9 Å². The first-order chi connectivity index (χ1) is 35.6. The van der Waals surface area contributed by atoms with Crippen LogP contribution in [0.1, 0.15) is 85.5 Å². The summed E-state index contributed by atoms with van der Waals surface area (Å²) >= 11 is 0. The van der Waals surface area contributed by atoms with Crippen molar-refractivity contribution in [3.05, 3.63) is 0 Å². The summed E-state index contributed by atoms with van der Waals surface area (Å²) in [6.07, 6.45) is -29.6. The van der Waals surface area contributed by atoms with Crippen molar-refractivity contribution in [1.82, 2.24) is 0 Å². The molecule has 0 bridgehead atoms. The van der Waals surface area contributed by atoms with E-state index in [0.717, 1.165) is 51.6 Å². The lowest BCUT2D eigenvalue weighted by Crippen LogP contribution is -2.67. The lowest BCUT2D eigenvalue weighted by molar-refractivity contribution is -0.395. The summed E-state index contributed by atoms with van der Waals surface area (Å²) in [7, 11) is 0. The Balaban J connectivity index is 0.822. The Labute approximate surface area is 435 Å². The molecule has 0 radical (unpaired) electrons. The molecule has 4 aliphatic carbocycles. The van der Waals surface area contributed by atoms with Gasteiger partial charge in [-0.1, -0.05) is 27.7 Å². The Hall–Kier alpha value is -0.960. The molecular formula is C51H84O24. The Morgan fingerprint density at radius 3 is 1.65 bits per heavy atom. The quantitative estimate of drug-likeness (QED) is 0.0830. The predicted molar refractivity (Wildman–Crippen MR) is 250 cm³/mol. The molecule has 4 saturated carbocycles. The molecule has 24 nitrogen and oxygen atoms in total. The third-order valence-electron chi connectivity index (χ3n) is 20.4. The molecule has 10 aliphatic rings. The molecule has 10 fully saturated rings. The van der Waals surface area contributed by atoms with Crippen molar-refractivity contribution >= 4 is 0 Å². The average molecular weight is 1080 g/mol. The zero-order chi connectivity index (χ0) is 53.8. The molecule has 24 heteroatoms. The van der Waals surface area contributed by atoms with Crippen LogP contribution in [0.5, 0.6) is 0 Å². The molecule has 6 aliphatic heterocycles. The fourth-order valence-corrected chi connectivity index (χ4v) is 16.1. The highest BCUT2D eigenvalue weighted by atomic mass is 16.8. The average Bonchev–Trinajstić information content (AvgIpc) is 3.86. The zero-order valence-electron chi connectivity index (χ0n) is 43.1. The van der Waals surface area contributed by atoms with Crippen molar-refractivity contribution in [2.24, 2.45) is 52.3 Å². The van der Waals surface area contributed by atoms with Crippen LogP contribution >= 0.6 is 0 Å². The molecule has 0 amide bonds. The molecule has 75 heavy (non-hydrogen) atoms. The molecule has 14 N–H and O–H groups in total. The van der Waals surface area contributed by atoms with Crippen LogP contribution in [0.2, 0.25) is 0 Å². The number of aliphatic hydroxyl groups excluding tert-OH is 14. The molecule has 10 rings (SSSR count). The summed E-state index contributed by atoms with van der Waals surface area (Å²) < 4.78 is 61.1. The SMILES string of the molecule is C[C@@H]1CC[C@@]2(OC1)O[C@H]1C[C@H]3[C@@H]4CC[C@H]5C[C@@H](O[C@@H]6O[C@H](CO[C@@H]7O[C@H](CO)[C@@H](O)[C@H](O[C@@H]8O[C@H](CO)[C@@H](O)[C@H](O)[C@H]8O)[C@H]7O[C@@H]7O[C@H](CO)[C@@H](O)[C@H](O)[C@H]7O)[C@@H](O)[C@H](O)[C@H]6O)[C@H](O)C[C@]5(C)[C@H]4CC[C@]3(C)[C@H]1[C@@H]2C. The van der Waals surface area contributed by atoms with E-state index in [0.29, 0.717) is 48.3 Å². The molecule has 0 aromatic rings. The number of aliphatic hydroxyl groups is 14. The van der Waals surface area contributed by atoms with Gasteiger partial charge in [0.2, 0.25) is 0 Å². The summed E-state index contributed by atoms with van der Waals surface area (Å²) in [6, 6.07) is 0. The fraction of sp³-hybridized carbons (Fsp3) is 1.00. The van der Waals surface area contributed by atoms with Crippen LogP contribution in [0.3, 0.4) is 0 Å². The van der Waals surface area contributed by atoms with Crippen LogP contribution in [0, 0.1) is 52.3 Å². The molecule has 1 spiro atoms. The first kappa shape index (κ1) is 57.3. The predicted octanol–water partition coefficient (Wildman–Crippen LogP) is -3.94. The van der Waals surface area contributed by atoms with E-state index in [4.69, 9.17) is 47.4 Å². The highest BCUT2D eigenvalue weighted by Crippen LogP contribution is 2.71. The summed E-state index contributed by atoms with van der Waals surface area (Å²) in [5, 5.41) is 151. The highest BCUT2D eigenvalue weighted by molar-refractivity contribution is 5.16. The first-order valence-corrected chi connectivity index (χ1v) is 27.4. The number of ether oxygens (including phenoxy) is 10. The topological polar surface area (TPSA) is 376 Å². The van der Waals surface area contributed by atoms with Crippen molar-refractivity contribution in [2.45, 2.75) is 232 Å². The van der Waals surface area contributed by atoms with Crippen molar-refractivity contribution in [1.29, 1.82) is 0 Å². The van der Waals surface area contributed by atoms with E-state index in [1.165, 1.54) is 0 Å². The van der Waals surface area contributed by atoms with Gasteiger partial charge in [0, 0.05) is 12.3 Å². The van der Waals surface area contributed by atoms with E-state index in [9.17, 15) is 71.5 Å². The molecule has 6 heterocycles. The van der Waals surface area contributed by atoms with E-state index in [2.05, 4.69) is 27.7 Å². The van der Waals surface area contributed by atoms with Crippen LogP contribution in [0.4, 0.5) is 0 Å². The summed E-state index contributed by atoms with van der Waals surface area (Å²) in [5.74, 6) is 2.26. The van der Waals surface area contributed by atoms with Crippen LogP contribution in [0.25, 0.3) is 0 Å². The number of rotatable bonds is 12. The van der Waals surface area contributed by atoms with Gasteiger partial charge in [-0.3, -0.25) is 0 Å². The van der Waals surface area contributed by atoms with Crippen LogP contribution in [-0.4, -0.2) is 251 Å². The zero-order valence-corrected chi connectivity index (χ0v) is 43.1. The second kappa shape index (κ2) is 22.1. The van der Waals surface area contributed by atoms with Crippen molar-refractivity contribution in [2.75, 3.05) is 33.0 Å². The summed E-state index contributed by atoms with van der Waals surface area (Å²) in [4.78, 5) is 0. The van der Waals surface area contributed by atoms with Crippen molar-refractivity contribution in [3.8, 4) is 0 Å². The third kappa shape index (κ3) is 9.89. The van der Waals surface area contributed by atoms with Crippen LogP contribution in [0.15, 0.2) is 0 Å². The number of hydrogen-bond acceptors (Lipinski definition) is 24. The van der Waals surface area contributed by atoms with Gasteiger partial charge in [0.1, 0.15) is 97.7 Å². The fourth-order valence-electron chi connectivity index (χ4n) is 16.1. The minimum Gasteiger partial charge on any atom is -0.394 e. The second-order valence-corrected chi connectivity index (χ2v) is 24.5. The highest BCUT2D eigenvalue weighted by Gasteiger charge is 2.70. The van der Waals surface area contributed by atoms with Gasteiger partial charge in [-0.2, -0.15) is 0 Å². The summed E-state index contributed by atoms with van der Waals surface area (Å²) in [6.45, 7) is 6.79. The molecule has 432 valence electrons. The maximum atomic E-state index is 12.0. The van der Waals surface area contributed by atoms with Gasteiger partial charge >= 0.3 is 0 Å². The molecular weight excluding hydrogens is 997 g/mol. The third-order valence-corrected chi connectivity index (χ3v) is 20.4. The Morgan fingerprint density at radius 2 is 1.07 bits per heavy atom. The van der Waals surface area contributed by atoms with E-state index < -0.39 is 167 Å². The first-order valence-electron chi connectivity index (χ1n) is 27.4. The largest absolute Gasteiger partial charge is 0.394 e. The van der Waals surface area contributed by atoms with Gasteiger partial charge in [0.25, 0.3) is 0 Å². The maximum Gasteiger partial charge on any atom is 0.187 e. The molecule has 0 unspecified atom stereocenters. The van der Waals surface area contributed by atoms with Crippen LogP contribution in [-0.2, 0) is 47.4 Å². The van der Waals surface area contributed by atoms with E-state index >= 15 is 0 Å². The molecule has 0 aromatic carbocycles. The molecule has 33 atom stereocenters. The van der Waals surface area contributed by atoms with Gasteiger partial charge in [-0.15, -0.1) is 0 Å². The van der Waals surface area contributed by atoms with Crippen molar-refractivity contribution < 1.29 is 119 Å². The number of fused-ring (bicyclic) bond motifs is 7. The van der Waals surface area contributed by atoms with Gasteiger partial charge in [-0.05, 0) is 97.7 Å². The Morgan fingerprint density at radius 1 is 0.520 bits per heavy atom. The Bertz CT molecular complexity index is 1910. The van der Waals surface area contributed by atoms with Gasteiger partial charge < -0.3 is 119 Å². The smallest absolute Gasteiger partial charge is 0.187 e. The minimum absolute atomic E-state index is 0.121. The van der Waals surface area contributed by atoms with Crippen LogP contribution < -0.4 is 0 Å². The standard InChI is InChI=1S/C51H84O24/c1-19-7-10-51(67-17-19)20(2)32-27(75-51)12-24-22-6-5-21-11-26(25(55)13-50(21,4)23(22)8-9-49(24,32)3)68-45-40(63)39(62)35(58)31(72-45)18-66-48-44(74-47-42(65)38(61)34(57)29(15-53)70-47)43(36(59)30(16-54)71-48)73-46-41(64)37(60)33(56)28(14-52)69-46/h19-48,52-65H,5-18H2,1-4H3/t19-,20+,21+,22-,23+,24+,25-,26-,27+,28-,29-,30-,31-,32+,33-,34-,35-,36-,37+,38+,39+,40-,41-,42-,43+,44-,45-,46+,47+,48-,49+,50+,51-/m1/s1. The molecule has 6 saturated heterocycles. The summed E-state index contributed by atoms with van der Waals surface area (Å²) in [5.41, 5.74) is -0.0790. The Kier molecular flexibility index (Phi) is 16.9. The normalized spacial score (nSPS) is 58.0.